The van der Waals surface area contributed by atoms with Crippen molar-refractivity contribution in [2.45, 2.75) is 45.7 Å². The Kier molecular flexibility index (Phi) is 6.07. The second-order valence-electron chi connectivity index (χ2n) is 8.98. The second kappa shape index (κ2) is 8.70. The number of fused-ring (bicyclic) bond motifs is 1. The number of nitrogens with one attached hydrogen (secondary N) is 3. The molecule has 3 atom stereocenters. The Labute approximate surface area is 168 Å². The molecule has 2 fully saturated rings. The van der Waals surface area contributed by atoms with Gasteiger partial charge in [0, 0.05) is 11.6 Å². The third kappa shape index (κ3) is 4.61. The Hall–Kier alpha value is -1.79. The third-order valence-electron chi connectivity index (χ3n) is 7.02. The number of hydrogen-bond donors (Lipinski definition) is 3. The van der Waals surface area contributed by atoms with E-state index < -0.39 is 0 Å². The molecule has 0 unspecified atom stereocenters. The molecule has 0 radical (unpaired) electrons. The molecule has 28 heavy (non-hydrogen) atoms. The summed E-state index contributed by atoms with van der Waals surface area (Å²) >= 11 is 0. The van der Waals surface area contributed by atoms with Crippen molar-refractivity contribution in [2.24, 2.45) is 11.8 Å². The van der Waals surface area contributed by atoms with Gasteiger partial charge in [-0.3, -0.25) is 4.79 Å². The number of amides is 1. The second-order valence-corrected chi connectivity index (χ2v) is 8.98. The van der Waals surface area contributed by atoms with Crippen LogP contribution in [-0.2, 0) is 11.3 Å². The van der Waals surface area contributed by atoms with E-state index >= 15 is 0 Å². The zero-order valence-corrected chi connectivity index (χ0v) is 17.3. The molecule has 2 aliphatic heterocycles. The molecule has 154 valence electrons. The normalized spacial score (nSPS) is 32.1. The fraction of sp³-hybridized carbons (Fsp3) is 0.682. The predicted octanol–water partition coefficient (Wildman–Crippen LogP) is -0.360. The molecule has 0 aromatic heterocycles. The van der Waals surface area contributed by atoms with Gasteiger partial charge >= 0.3 is 0 Å². The Morgan fingerprint density at radius 3 is 2.64 bits per heavy atom. The fourth-order valence-corrected chi connectivity index (χ4v) is 4.92. The van der Waals surface area contributed by atoms with Gasteiger partial charge in [0.05, 0.1) is 0 Å². The maximum Gasteiger partial charge on any atom is 0.275 e. The molecule has 1 saturated carbocycles. The maximum atomic E-state index is 12.5. The first kappa shape index (κ1) is 19.5. The van der Waals surface area contributed by atoms with Gasteiger partial charge in [0.2, 0.25) is 6.79 Å². The van der Waals surface area contributed by atoms with E-state index in [0.29, 0.717) is 25.3 Å². The number of carbonyl (C=O) groups is 1. The maximum absolute atomic E-state index is 12.5. The summed E-state index contributed by atoms with van der Waals surface area (Å²) in [6, 6.07) is 6.62. The fourth-order valence-electron chi connectivity index (χ4n) is 4.92. The predicted molar refractivity (Wildman–Crippen MR) is 107 cm³/mol. The summed E-state index contributed by atoms with van der Waals surface area (Å²) in [4.78, 5) is 15.5. The van der Waals surface area contributed by atoms with Crippen LogP contribution in [0.25, 0.3) is 0 Å². The van der Waals surface area contributed by atoms with Crippen molar-refractivity contribution in [2.75, 3.05) is 39.5 Å². The Balaban J connectivity index is 1.20. The molecule has 1 saturated heterocycles. The smallest absolute Gasteiger partial charge is 0.275 e. The van der Waals surface area contributed by atoms with Crippen LogP contribution in [0.5, 0.6) is 11.5 Å². The van der Waals surface area contributed by atoms with Gasteiger partial charge in [-0.1, -0.05) is 26.7 Å². The molecule has 3 aliphatic rings. The number of ether oxygens (including phenoxy) is 2. The quantitative estimate of drug-likeness (QED) is 0.645. The van der Waals surface area contributed by atoms with Crippen LogP contribution in [0.3, 0.4) is 0 Å². The number of carbonyl (C=O) groups excluding carboxylic acids is 1. The lowest BCUT2D eigenvalue weighted by molar-refractivity contribution is -1.02. The van der Waals surface area contributed by atoms with Crippen LogP contribution in [-0.4, -0.2) is 51.5 Å². The van der Waals surface area contributed by atoms with Crippen molar-refractivity contribution < 1.29 is 24.1 Å². The molecular formula is C22H35N3O3+2. The molecule has 2 heterocycles. The lowest BCUT2D eigenvalue weighted by atomic mass is 9.78. The molecule has 0 spiro atoms. The summed E-state index contributed by atoms with van der Waals surface area (Å²) in [6.07, 6.45) is 3.68. The van der Waals surface area contributed by atoms with E-state index in [1.807, 2.05) is 6.07 Å². The van der Waals surface area contributed by atoms with Crippen LogP contribution in [0.2, 0.25) is 0 Å². The Morgan fingerprint density at radius 1 is 1.07 bits per heavy atom. The lowest BCUT2D eigenvalue weighted by Crippen LogP contribution is -3.28. The number of rotatable bonds is 5. The zero-order valence-electron chi connectivity index (χ0n) is 17.3. The summed E-state index contributed by atoms with van der Waals surface area (Å²) < 4.78 is 10.9. The molecule has 1 aliphatic carbocycles. The number of benzene rings is 1. The number of hydrogen-bond acceptors (Lipinski definition) is 3. The summed E-state index contributed by atoms with van der Waals surface area (Å²) in [5.41, 5.74) is 1.29. The number of piperazine rings is 1. The minimum absolute atomic E-state index is 0.236. The topological polar surface area (TPSA) is 56.4 Å². The van der Waals surface area contributed by atoms with Crippen molar-refractivity contribution in [1.29, 1.82) is 0 Å². The third-order valence-corrected chi connectivity index (χ3v) is 7.02. The molecule has 6 nitrogen and oxygen atoms in total. The minimum Gasteiger partial charge on any atom is -0.454 e. The van der Waals surface area contributed by atoms with Gasteiger partial charge < -0.3 is 24.6 Å². The summed E-state index contributed by atoms with van der Waals surface area (Å²) in [5, 5.41) is 3.33. The molecule has 4 rings (SSSR count). The van der Waals surface area contributed by atoms with Crippen LogP contribution in [0.4, 0.5) is 0 Å². The van der Waals surface area contributed by atoms with E-state index in [2.05, 4.69) is 31.3 Å². The van der Waals surface area contributed by atoms with Gasteiger partial charge in [-0.25, -0.2) is 0 Å². The first-order chi connectivity index (χ1) is 13.6. The monoisotopic (exact) mass is 389 g/mol. The molecule has 1 aromatic rings. The van der Waals surface area contributed by atoms with Crippen LogP contribution in [0.15, 0.2) is 18.2 Å². The molecule has 6 heteroatoms. The standard InChI is InChI=1S/C22H33N3O3/c1-16-4-3-5-19(17(16)2)23-22(26)14-25-10-8-24(9-11-25)13-18-6-7-20-21(12-18)28-15-27-20/h6-7,12,16-17,19H,3-5,8-11,13-15H2,1-2H3,(H,23,26)/p+2/t16-,17+,19+/m0/s1. The van der Waals surface area contributed by atoms with Crippen LogP contribution < -0.4 is 24.6 Å². The van der Waals surface area contributed by atoms with E-state index in [1.165, 1.54) is 23.3 Å². The number of quaternary nitrogens is 2. The first-order valence-electron chi connectivity index (χ1n) is 10.9. The van der Waals surface area contributed by atoms with Gasteiger partial charge in [0.15, 0.2) is 18.0 Å². The molecule has 3 N–H and O–H groups in total. The van der Waals surface area contributed by atoms with Crippen molar-refractivity contribution in [3.63, 3.8) is 0 Å². The average molecular weight is 390 g/mol. The molecule has 1 amide bonds. The highest BCUT2D eigenvalue weighted by Gasteiger charge is 2.30. The van der Waals surface area contributed by atoms with Gasteiger partial charge in [-0.05, 0) is 36.5 Å². The highest BCUT2D eigenvalue weighted by Crippen LogP contribution is 2.32. The van der Waals surface area contributed by atoms with Crippen molar-refractivity contribution >= 4 is 5.91 Å². The lowest BCUT2D eigenvalue weighted by Gasteiger charge is -2.35. The van der Waals surface area contributed by atoms with E-state index in [0.717, 1.165) is 56.6 Å². The SMILES string of the molecule is C[C@@H]1[C@@H](C)CCC[C@H]1NC(=O)C[NH+]1CC[NH+](Cc2ccc3c(c2)OCO3)CC1. The van der Waals surface area contributed by atoms with Gasteiger partial charge in [0.1, 0.15) is 32.7 Å². The van der Waals surface area contributed by atoms with Gasteiger partial charge in [-0.2, -0.15) is 0 Å². The van der Waals surface area contributed by atoms with Gasteiger partial charge in [-0.15, -0.1) is 0 Å². The van der Waals surface area contributed by atoms with Crippen molar-refractivity contribution in [3.05, 3.63) is 23.8 Å². The highest BCUT2D eigenvalue weighted by molar-refractivity contribution is 5.77. The highest BCUT2D eigenvalue weighted by atomic mass is 16.7. The molecular weight excluding hydrogens is 354 g/mol. The van der Waals surface area contributed by atoms with Crippen molar-refractivity contribution in [1.82, 2.24) is 5.32 Å². The van der Waals surface area contributed by atoms with E-state index in [-0.39, 0.29) is 5.91 Å². The van der Waals surface area contributed by atoms with Gasteiger partial charge in [0.25, 0.3) is 5.91 Å². The summed E-state index contributed by atoms with van der Waals surface area (Å²) in [5.74, 6) is 3.26. The molecule has 0 bridgehead atoms. The van der Waals surface area contributed by atoms with Crippen LogP contribution in [0.1, 0.15) is 38.7 Å². The van der Waals surface area contributed by atoms with E-state index in [4.69, 9.17) is 9.47 Å². The Bertz CT molecular complexity index is 688. The van der Waals surface area contributed by atoms with Crippen LogP contribution in [0, 0.1) is 11.8 Å². The average Bonchev–Trinajstić information content (AvgIpc) is 3.15. The minimum atomic E-state index is 0.236. The van der Waals surface area contributed by atoms with Crippen LogP contribution >= 0.6 is 0 Å². The molecule has 1 aromatic carbocycles. The summed E-state index contributed by atoms with van der Waals surface area (Å²) in [7, 11) is 0. The van der Waals surface area contributed by atoms with Crippen molar-refractivity contribution in [3.8, 4) is 11.5 Å². The first-order valence-corrected chi connectivity index (χ1v) is 10.9. The largest absolute Gasteiger partial charge is 0.454 e. The summed E-state index contributed by atoms with van der Waals surface area (Å²) in [6.45, 7) is 10.9. The van der Waals surface area contributed by atoms with E-state index in [1.54, 1.807) is 4.90 Å². The zero-order chi connectivity index (χ0) is 19.5. The van der Waals surface area contributed by atoms with E-state index in [9.17, 15) is 4.79 Å². The Morgan fingerprint density at radius 2 is 1.82 bits per heavy atom.